The van der Waals surface area contributed by atoms with Crippen LogP contribution in [0.5, 0.6) is 11.5 Å². The molecule has 4 aliphatic rings. The second-order valence-corrected chi connectivity index (χ2v) is 7.17. The van der Waals surface area contributed by atoms with Crippen molar-refractivity contribution in [3.63, 3.8) is 0 Å². The minimum absolute atomic E-state index is 0.00336. The van der Waals surface area contributed by atoms with E-state index in [1.165, 1.54) is 0 Å². The quantitative estimate of drug-likeness (QED) is 0.843. The van der Waals surface area contributed by atoms with Gasteiger partial charge in [0.15, 0.2) is 23.4 Å². The number of aromatic hydroxyl groups is 1. The standard InChI is InChI=1S/C17H19NO4/c1-3-9(19)15-16-7-12-17(16,21)11(18(12)2)6-8-4-5-10(20)14(22-15)13(8)16/h4-5,11-12,15,20-21H,3,6-7H2,1-2H3/t11-,12?,15+,16+,17+/m1/s1. The smallest absolute Gasteiger partial charge is 0.174 e. The van der Waals surface area contributed by atoms with Gasteiger partial charge in [0.05, 0.1) is 5.41 Å². The normalized spacial score (nSPS) is 43.5. The highest BCUT2D eigenvalue weighted by molar-refractivity contribution is 5.89. The summed E-state index contributed by atoms with van der Waals surface area (Å²) in [6, 6.07) is 3.68. The molecule has 22 heavy (non-hydrogen) atoms. The van der Waals surface area contributed by atoms with E-state index < -0.39 is 17.1 Å². The highest BCUT2D eigenvalue weighted by atomic mass is 16.5. The lowest BCUT2D eigenvalue weighted by Gasteiger charge is -2.77. The number of phenolic OH excluding ortho intramolecular Hbond substituents is 1. The van der Waals surface area contributed by atoms with E-state index in [2.05, 4.69) is 4.90 Å². The number of rotatable bonds is 2. The molecule has 1 saturated heterocycles. The highest BCUT2D eigenvalue weighted by Crippen LogP contribution is 2.72. The van der Waals surface area contributed by atoms with Gasteiger partial charge in [-0.3, -0.25) is 9.69 Å². The molecule has 2 heterocycles. The molecule has 0 aromatic heterocycles. The molecule has 0 radical (unpaired) electrons. The number of ketones is 1. The zero-order valence-corrected chi connectivity index (χ0v) is 12.7. The molecule has 2 N–H and O–H groups in total. The first kappa shape index (κ1) is 12.9. The average molecular weight is 301 g/mol. The molecule has 1 aromatic rings. The van der Waals surface area contributed by atoms with Crippen molar-refractivity contribution in [1.82, 2.24) is 4.90 Å². The number of likely N-dealkylation sites (tertiary alicyclic amines) is 1. The van der Waals surface area contributed by atoms with Crippen LogP contribution < -0.4 is 4.74 Å². The molecule has 5 heteroatoms. The minimum atomic E-state index is -0.900. The van der Waals surface area contributed by atoms with Crippen molar-refractivity contribution in [2.45, 2.75) is 55.4 Å². The van der Waals surface area contributed by atoms with Gasteiger partial charge >= 0.3 is 0 Å². The van der Waals surface area contributed by atoms with E-state index in [0.717, 1.165) is 24.0 Å². The van der Waals surface area contributed by atoms with Gasteiger partial charge in [-0.15, -0.1) is 0 Å². The molecule has 2 aliphatic carbocycles. The van der Waals surface area contributed by atoms with Crippen molar-refractivity contribution < 1.29 is 19.7 Å². The first-order valence-corrected chi connectivity index (χ1v) is 7.95. The maximum atomic E-state index is 12.5. The Bertz CT molecular complexity index is 732. The zero-order chi connectivity index (χ0) is 15.4. The molecule has 1 aromatic carbocycles. The van der Waals surface area contributed by atoms with E-state index >= 15 is 0 Å². The fraction of sp³-hybridized carbons (Fsp3) is 0.588. The highest BCUT2D eigenvalue weighted by Gasteiger charge is 2.84. The zero-order valence-electron chi connectivity index (χ0n) is 12.7. The van der Waals surface area contributed by atoms with Crippen molar-refractivity contribution >= 4 is 5.78 Å². The Hall–Kier alpha value is -1.59. The van der Waals surface area contributed by atoms with E-state index in [4.69, 9.17) is 4.74 Å². The SMILES string of the molecule is CCC(=O)[C@@H]1Oc2c(O)ccc3c2[C@@]12CC1N(C)[C@H](C3)[C@]12O. The van der Waals surface area contributed by atoms with E-state index in [-0.39, 0.29) is 23.6 Å². The number of aliphatic hydroxyl groups is 1. The summed E-state index contributed by atoms with van der Waals surface area (Å²) in [5, 5.41) is 21.6. The van der Waals surface area contributed by atoms with Crippen LogP contribution in [0.25, 0.3) is 0 Å². The van der Waals surface area contributed by atoms with Crippen LogP contribution >= 0.6 is 0 Å². The van der Waals surface area contributed by atoms with Crippen LogP contribution in [0.15, 0.2) is 12.1 Å². The van der Waals surface area contributed by atoms with Crippen LogP contribution in [0.1, 0.15) is 30.9 Å². The number of hydrogen-bond acceptors (Lipinski definition) is 5. The van der Waals surface area contributed by atoms with E-state index in [1.54, 1.807) is 6.07 Å². The third-order valence-electron chi connectivity index (χ3n) is 6.64. The molecule has 1 unspecified atom stereocenters. The monoisotopic (exact) mass is 301 g/mol. The van der Waals surface area contributed by atoms with Gasteiger partial charge in [0.2, 0.25) is 0 Å². The second-order valence-electron chi connectivity index (χ2n) is 7.17. The van der Waals surface area contributed by atoms with Crippen molar-refractivity contribution in [3.8, 4) is 11.5 Å². The van der Waals surface area contributed by atoms with Crippen LogP contribution in [0.2, 0.25) is 0 Å². The number of benzene rings is 1. The lowest BCUT2D eigenvalue weighted by atomic mass is 9.38. The van der Waals surface area contributed by atoms with Crippen LogP contribution in [-0.4, -0.2) is 51.7 Å². The Balaban J connectivity index is 1.79. The fourth-order valence-corrected chi connectivity index (χ4v) is 5.60. The predicted octanol–water partition coefficient (Wildman–Crippen LogP) is 0.744. The Morgan fingerprint density at radius 2 is 2.23 bits per heavy atom. The number of likely N-dealkylation sites (N-methyl/N-ethyl adjacent to an activating group) is 1. The molecule has 1 saturated carbocycles. The molecular formula is C17H19NO4. The van der Waals surface area contributed by atoms with E-state index in [9.17, 15) is 15.0 Å². The van der Waals surface area contributed by atoms with Gasteiger partial charge in [-0.1, -0.05) is 13.0 Å². The summed E-state index contributed by atoms with van der Waals surface area (Å²) in [6.45, 7) is 1.82. The number of ether oxygens (including phenoxy) is 1. The Kier molecular flexibility index (Phi) is 2.05. The van der Waals surface area contributed by atoms with Crippen molar-refractivity contribution in [3.05, 3.63) is 23.3 Å². The molecule has 5 rings (SSSR count). The maximum Gasteiger partial charge on any atom is 0.174 e. The number of nitrogens with zero attached hydrogens (tertiary/aromatic N) is 1. The van der Waals surface area contributed by atoms with Gasteiger partial charge in [0.25, 0.3) is 0 Å². The number of piperidine rings is 1. The first-order chi connectivity index (χ1) is 10.5. The fourth-order valence-electron chi connectivity index (χ4n) is 5.60. The Morgan fingerprint density at radius 3 is 2.95 bits per heavy atom. The summed E-state index contributed by atoms with van der Waals surface area (Å²) in [5.74, 6) is 0.496. The first-order valence-electron chi connectivity index (χ1n) is 7.95. The predicted molar refractivity (Wildman–Crippen MR) is 78.1 cm³/mol. The summed E-state index contributed by atoms with van der Waals surface area (Å²) in [4.78, 5) is 14.7. The van der Waals surface area contributed by atoms with Crippen LogP contribution in [0.3, 0.4) is 0 Å². The summed E-state index contributed by atoms with van der Waals surface area (Å²) in [6.07, 6.45) is 1.16. The molecule has 0 amide bonds. The third kappa shape index (κ3) is 0.981. The lowest BCUT2D eigenvalue weighted by molar-refractivity contribution is -0.313. The van der Waals surface area contributed by atoms with Gasteiger partial charge in [-0.25, -0.2) is 0 Å². The van der Waals surface area contributed by atoms with Gasteiger partial charge in [-0.05, 0) is 31.5 Å². The average Bonchev–Trinajstić information content (AvgIpc) is 2.87. The number of carbonyl (C=O) groups is 1. The Labute approximate surface area is 128 Å². The van der Waals surface area contributed by atoms with Crippen molar-refractivity contribution in [2.75, 3.05) is 7.05 Å². The largest absolute Gasteiger partial charge is 0.504 e. The molecule has 2 fully saturated rings. The second kappa shape index (κ2) is 3.49. The molecule has 2 aliphatic heterocycles. The molecule has 0 bridgehead atoms. The number of phenols is 1. The van der Waals surface area contributed by atoms with Gasteiger partial charge < -0.3 is 14.9 Å². The lowest BCUT2D eigenvalue weighted by Crippen LogP contribution is -2.93. The molecular weight excluding hydrogens is 282 g/mol. The van der Waals surface area contributed by atoms with Crippen LogP contribution in [0, 0.1) is 0 Å². The van der Waals surface area contributed by atoms with E-state index in [1.807, 2.05) is 20.0 Å². The minimum Gasteiger partial charge on any atom is -0.504 e. The van der Waals surface area contributed by atoms with Crippen LogP contribution in [-0.2, 0) is 16.6 Å². The van der Waals surface area contributed by atoms with Crippen molar-refractivity contribution in [2.24, 2.45) is 0 Å². The number of hydrogen-bond donors (Lipinski definition) is 2. The topological polar surface area (TPSA) is 70.0 Å². The van der Waals surface area contributed by atoms with E-state index in [0.29, 0.717) is 12.2 Å². The van der Waals surface area contributed by atoms with Crippen molar-refractivity contribution in [1.29, 1.82) is 0 Å². The molecule has 116 valence electrons. The number of carbonyl (C=O) groups excluding carboxylic acids is 1. The summed E-state index contributed by atoms with van der Waals surface area (Å²) < 4.78 is 5.93. The molecule has 5 atom stereocenters. The Morgan fingerprint density at radius 1 is 1.45 bits per heavy atom. The summed E-state index contributed by atoms with van der Waals surface area (Å²) in [7, 11) is 2.04. The number of Topliss-reactive ketones (excluding diaryl/α,β-unsaturated/α-hetero) is 1. The molecule has 5 nitrogen and oxygen atoms in total. The van der Waals surface area contributed by atoms with Gasteiger partial charge in [0.1, 0.15) is 5.60 Å². The van der Waals surface area contributed by atoms with Gasteiger partial charge in [-0.2, -0.15) is 0 Å². The maximum absolute atomic E-state index is 12.5. The summed E-state index contributed by atoms with van der Waals surface area (Å²) >= 11 is 0. The summed E-state index contributed by atoms with van der Waals surface area (Å²) in [5.41, 5.74) is 0.425. The molecule has 1 spiro atoms. The van der Waals surface area contributed by atoms with Crippen LogP contribution in [0.4, 0.5) is 0 Å². The van der Waals surface area contributed by atoms with Gasteiger partial charge in [0, 0.05) is 24.1 Å². The third-order valence-corrected chi connectivity index (χ3v) is 6.64.